The Labute approximate surface area is 114 Å². The van der Waals surface area contributed by atoms with Gasteiger partial charge in [-0.3, -0.25) is 9.78 Å². The van der Waals surface area contributed by atoms with Crippen molar-refractivity contribution in [1.29, 1.82) is 0 Å². The number of hydrogen-bond acceptors (Lipinski definition) is 5. The Balaban J connectivity index is 1.76. The van der Waals surface area contributed by atoms with Crippen molar-refractivity contribution in [3.63, 3.8) is 0 Å². The third-order valence-corrected chi connectivity index (χ3v) is 2.16. The molecule has 0 aliphatic heterocycles. The van der Waals surface area contributed by atoms with Crippen LogP contribution < -0.4 is 10.2 Å². The highest BCUT2D eigenvalue weighted by atomic mass is 19.1. The zero-order valence-corrected chi connectivity index (χ0v) is 10.4. The van der Waals surface area contributed by atoms with Crippen LogP contribution in [0.4, 0.5) is 4.39 Å². The van der Waals surface area contributed by atoms with E-state index in [-0.39, 0.29) is 18.3 Å². The molecule has 20 heavy (non-hydrogen) atoms. The van der Waals surface area contributed by atoms with Crippen molar-refractivity contribution in [3.8, 4) is 5.88 Å². The molecule has 0 saturated carbocycles. The van der Waals surface area contributed by atoms with Gasteiger partial charge in [-0.25, -0.2) is 14.8 Å². The van der Waals surface area contributed by atoms with Crippen LogP contribution in [0.25, 0.3) is 0 Å². The molecule has 2 rings (SSSR count). The summed E-state index contributed by atoms with van der Waals surface area (Å²) in [5, 5.41) is 3.72. The van der Waals surface area contributed by atoms with Gasteiger partial charge in [0.1, 0.15) is 5.82 Å². The van der Waals surface area contributed by atoms with Crippen LogP contribution in [0.3, 0.4) is 0 Å². The van der Waals surface area contributed by atoms with Gasteiger partial charge < -0.3 is 4.74 Å². The second-order valence-corrected chi connectivity index (χ2v) is 3.68. The van der Waals surface area contributed by atoms with E-state index in [1.165, 1.54) is 36.9 Å². The van der Waals surface area contributed by atoms with Crippen LogP contribution in [-0.4, -0.2) is 28.7 Å². The van der Waals surface area contributed by atoms with E-state index in [1.54, 1.807) is 12.1 Å². The number of ether oxygens (including phenoxy) is 1. The maximum atomic E-state index is 12.7. The van der Waals surface area contributed by atoms with Crippen LogP contribution in [0.5, 0.6) is 5.88 Å². The highest BCUT2D eigenvalue weighted by Crippen LogP contribution is 2.00. The molecule has 0 spiro atoms. The molecule has 6 nitrogen and oxygen atoms in total. The number of rotatable bonds is 5. The fraction of sp³-hybridized carbons (Fsp3) is 0.0769. The molecular formula is C13H11FN4O2. The number of carbonyl (C=O) groups is 1. The summed E-state index contributed by atoms with van der Waals surface area (Å²) in [5.74, 6) is -0.511. The molecule has 1 N–H and O–H groups in total. The summed E-state index contributed by atoms with van der Waals surface area (Å²) in [6.07, 6.45) is 5.76. The number of benzene rings is 1. The highest BCUT2D eigenvalue weighted by Gasteiger charge is 2.01. The number of aromatic nitrogens is 2. The molecule has 0 atom stereocenters. The Hall–Kier alpha value is -2.83. The average Bonchev–Trinajstić information content (AvgIpc) is 2.48. The first-order valence-corrected chi connectivity index (χ1v) is 5.70. The van der Waals surface area contributed by atoms with Crippen molar-refractivity contribution in [1.82, 2.24) is 15.4 Å². The zero-order chi connectivity index (χ0) is 14.2. The predicted molar refractivity (Wildman–Crippen MR) is 69.7 cm³/mol. The minimum absolute atomic E-state index is 0.223. The summed E-state index contributed by atoms with van der Waals surface area (Å²) in [4.78, 5) is 19.0. The van der Waals surface area contributed by atoms with Crippen LogP contribution in [0.15, 0.2) is 48.0 Å². The second-order valence-electron chi connectivity index (χ2n) is 3.68. The van der Waals surface area contributed by atoms with Crippen molar-refractivity contribution in [3.05, 3.63) is 54.2 Å². The normalized spacial score (nSPS) is 10.4. The van der Waals surface area contributed by atoms with E-state index in [2.05, 4.69) is 20.5 Å². The van der Waals surface area contributed by atoms with Crippen molar-refractivity contribution in [2.45, 2.75) is 0 Å². The molecule has 1 heterocycles. The van der Waals surface area contributed by atoms with Crippen molar-refractivity contribution < 1.29 is 13.9 Å². The molecule has 102 valence electrons. The van der Waals surface area contributed by atoms with Gasteiger partial charge in [0.2, 0.25) is 5.88 Å². The lowest BCUT2D eigenvalue weighted by Crippen LogP contribution is -2.24. The zero-order valence-electron chi connectivity index (χ0n) is 10.4. The molecule has 0 bridgehead atoms. The molecule has 0 aliphatic rings. The molecule has 0 saturated heterocycles. The lowest BCUT2D eigenvalue weighted by molar-refractivity contribution is -0.123. The number of nitrogens with one attached hydrogen (secondary N) is 1. The fourth-order valence-electron chi connectivity index (χ4n) is 1.26. The Kier molecular flexibility index (Phi) is 4.71. The Morgan fingerprint density at radius 1 is 1.35 bits per heavy atom. The number of halogens is 1. The Morgan fingerprint density at radius 2 is 2.15 bits per heavy atom. The number of hydrogen-bond donors (Lipinski definition) is 1. The maximum Gasteiger partial charge on any atom is 0.278 e. The molecule has 0 radical (unpaired) electrons. The van der Waals surface area contributed by atoms with Gasteiger partial charge in [-0.15, -0.1) is 0 Å². The SMILES string of the molecule is O=C(COc1cnccn1)N/N=C/c1ccc(F)cc1. The number of amides is 1. The first kappa shape index (κ1) is 13.6. The van der Waals surface area contributed by atoms with Crippen LogP contribution in [-0.2, 0) is 4.79 Å². The van der Waals surface area contributed by atoms with Gasteiger partial charge in [-0.2, -0.15) is 5.10 Å². The summed E-state index contributed by atoms with van der Waals surface area (Å²) < 4.78 is 17.7. The van der Waals surface area contributed by atoms with E-state index in [0.717, 1.165) is 0 Å². The quantitative estimate of drug-likeness (QED) is 0.655. The smallest absolute Gasteiger partial charge is 0.278 e. The Morgan fingerprint density at radius 3 is 2.85 bits per heavy atom. The van der Waals surface area contributed by atoms with Gasteiger partial charge in [0.15, 0.2) is 6.61 Å². The summed E-state index contributed by atoms with van der Waals surface area (Å²) in [7, 11) is 0. The number of carbonyl (C=O) groups excluding carboxylic acids is 1. The molecule has 0 unspecified atom stereocenters. The van der Waals surface area contributed by atoms with Crippen LogP contribution in [0.2, 0.25) is 0 Å². The van der Waals surface area contributed by atoms with Crippen molar-refractivity contribution >= 4 is 12.1 Å². The van der Waals surface area contributed by atoms with Gasteiger partial charge in [-0.1, -0.05) is 12.1 Å². The minimum atomic E-state index is -0.436. The number of hydrazone groups is 1. The van der Waals surface area contributed by atoms with Gasteiger partial charge in [0.25, 0.3) is 5.91 Å². The predicted octanol–water partition coefficient (Wildman–Crippen LogP) is 1.14. The van der Waals surface area contributed by atoms with Gasteiger partial charge in [0.05, 0.1) is 12.4 Å². The van der Waals surface area contributed by atoms with E-state index in [9.17, 15) is 9.18 Å². The lowest BCUT2D eigenvalue weighted by Gasteiger charge is -2.02. The van der Waals surface area contributed by atoms with E-state index < -0.39 is 5.91 Å². The largest absolute Gasteiger partial charge is 0.466 e. The third-order valence-electron chi connectivity index (χ3n) is 2.16. The van der Waals surface area contributed by atoms with Crippen LogP contribution in [0, 0.1) is 5.82 Å². The molecule has 1 amide bonds. The summed E-state index contributed by atoms with van der Waals surface area (Å²) in [5.41, 5.74) is 2.95. The average molecular weight is 274 g/mol. The molecule has 2 aromatic rings. The molecular weight excluding hydrogens is 263 g/mol. The number of nitrogens with zero attached hydrogens (tertiary/aromatic N) is 3. The van der Waals surface area contributed by atoms with Crippen molar-refractivity contribution in [2.75, 3.05) is 6.61 Å². The minimum Gasteiger partial charge on any atom is -0.466 e. The summed E-state index contributed by atoms with van der Waals surface area (Å²) in [6.45, 7) is -0.223. The first-order chi connectivity index (χ1) is 9.74. The monoisotopic (exact) mass is 274 g/mol. The lowest BCUT2D eigenvalue weighted by atomic mass is 10.2. The van der Waals surface area contributed by atoms with E-state index in [4.69, 9.17) is 4.74 Å². The third kappa shape index (κ3) is 4.45. The molecule has 1 aromatic heterocycles. The van der Waals surface area contributed by atoms with E-state index in [1.807, 2.05) is 0 Å². The standard InChI is InChI=1S/C13H11FN4O2/c14-11-3-1-10(2-4-11)7-17-18-12(19)9-20-13-8-15-5-6-16-13/h1-8H,9H2,(H,18,19)/b17-7+. The van der Waals surface area contributed by atoms with E-state index >= 15 is 0 Å². The van der Waals surface area contributed by atoms with Gasteiger partial charge in [-0.05, 0) is 17.7 Å². The molecule has 0 fully saturated rings. The van der Waals surface area contributed by atoms with Crippen LogP contribution >= 0.6 is 0 Å². The first-order valence-electron chi connectivity index (χ1n) is 5.70. The topological polar surface area (TPSA) is 76.5 Å². The molecule has 0 aliphatic carbocycles. The molecule has 7 heteroatoms. The maximum absolute atomic E-state index is 12.7. The Bertz CT molecular complexity index is 587. The summed E-state index contributed by atoms with van der Waals surface area (Å²) >= 11 is 0. The fourth-order valence-corrected chi connectivity index (χ4v) is 1.26. The van der Waals surface area contributed by atoms with Gasteiger partial charge in [0, 0.05) is 12.4 Å². The van der Waals surface area contributed by atoms with Crippen molar-refractivity contribution in [2.24, 2.45) is 5.10 Å². The van der Waals surface area contributed by atoms with Crippen LogP contribution in [0.1, 0.15) is 5.56 Å². The summed E-state index contributed by atoms with van der Waals surface area (Å²) in [6, 6.07) is 5.70. The van der Waals surface area contributed by atoms with E-state index in [0.29, 0.717) is 5.56 Å². The highest BCUT2D eigenvalue weighted by molar-refractivity contribution is 5.82. The second kappa shape index (κ2) is 6.93. The van der Waals surface area contributed by atoms with Gasteiger partial charge >= 0.3 is 0 Å². The molecule has 1 aromatic carbocycles.